The first-order valence-corrected chi connectivity index (χ1v) is 9.00. The summed E-state index contributed by atoms with van der Waals surface area (Å²) in [6, 6.07) is -0.225. The van der Waals surface area contributed by atoms with Crippen molar-refractivity contribution in [3.05, 3.63) is 17.2 Å². The molecular weight excluding hydrogens is 352 g/mol. The van der Waals surface area contributed by atoms with Gasteiger partial charge in [-0.2, -0.15) is 0 Å². The van der Waals surface area contributed by atoms with Gasteiger partial charge in [0.2, 0.25) is 0 Å². The molecule has 0 aromatic carbocycles. The number of rotatable bonds is 5. The molecule has 152 valence electrons. The minimum atomic E-state index is -0.554. The van der Waals surface area contributed by atoms with E-state index in [9.17, 15) is 9.59 Å². The average molecular weight is 382 g/mol. The number of nitrogens with one attached hydrogen (secondary N) is 2. The van der Waals surface area contributed by atoms with Gasteiger partial charge in [0.25, 0.3) is 5.91 Å². The molecule has 1 fully saturated rings. The number of aryl methyl sites for hydroxylation is 1. The van der Waals surface area contributed by atoms with Gasteiger partial charge in [-0.25, -0.2) is 9.78 Å². The van der Waals surface area contributed by atoms with Crippen LogP contribution in [0.15, 0.2) is 0 Å². The van der Waals surface area contributed by atoms with Crippen LogP contribution in [0.1, 0.15) is 49.2 Å². The standard InChI is InChI=1S/C18H30N4O5/c1-11-13(10-25-5)20-15(19-11)16(23)21-12-7-8-22(9-14(12)26-6)17(24)27-18(2,3)4/h12,14H,7-10H2,1-6H3,(H,19,20)(H,21,23)/t12-,14+/m0/s1. The number of ether oxygens (including phenoxy) is 3. The lowest BCUT2D eigenvalue weighted by Crippen LogP contribution is -2.56. The Morgan fingerprint density at radius 3 is 2.63 bits per heavy atom. The maximum absolute atomic E-state index is 12.5. The van der Waals surface area contributed by atoms with Gasteiger partial charge in [-0.1, -0.05) is 0 Å². The lowest BCUT2D eigenvalue weighted by molar-refractivity contribution is -0.0172. The zero-order chi connectivity index (χ0) is 20.2. The summed E-state index contributed by atoms with van der Waals surface area (Å²) < 4.78 is 16.0. The Kier molecular flexibility index (Phi) is 6.83. The fourth-order valence-corrected chi connectivity index (χ4v) is 2.93. The molecule has 2 N–H and O–H groups in total. The van der Waals surface area contributed by atoms with Crippen LogP contribution in [0.2, 0.25) is 0 Å². The van der Waals surface area contributed by atoms with Gasteiger partial charge in [-0.3, -0.25) is 4.79 Å². The van der Waals surface area contributed by atoms with Gasteiger partial charge in [0.1, 0.15) is 5.60 Å². The number of methoxy groups -OCH3 is 2. The molecule has 0 saturated carbocycles. The van der Waals surface area contributed by atoms with Crippen LogP contribution in [0, 0.1) is 6.92 Å². The molecule has 0 bridgehead atoms. The number of hydrogen-bond donors (Lipinski definition) is 2. The van der Waals surface area contributed by atoms with E-state index in [2.05, 4.69) is 15.3 Å². The highest BCUT2D eigenvalue weighted by Crippen LogP contribution is 2.18. The van der Waals surface area contributed by atoms with Crippen LogP contribution < -0.4 is 5.32 Å². The van der Waals surface area contributed by atoms with Gasteiger partial charge < -0.3 is 29.4 Å². The van der Waals surface area contributed by atoms with Crippen LogP contribution in [0.4, 0.5) is 4.79 Å². The molecule has 1 saturated heterocycles. The lowest BCUT2D eigenvalue weighted by Gasteiger charge is -2.38. The molecule has 0 radical (unpaired) electrons. The number of likely N-dealkylation sites (tertiary alicyclic amines) is 1. The van der Waals surface area contributed by atoms with Crippen molar-refractivity contribution in [3.8, 4) is 0 Å². The summed E-state index contributed by atoms with van der Waals surface area (Å²) in [5.41, 5.74) is 0.942. The molecule has 0 unspecified atom stereocenters. The Bertz CT molecular complexity index is 667. The summed E-state index contributed by atoms with van der Waals surface area (Å²) in [6.45, 7) is 8.49. The van der Waals surface area contributed by atoms with E-state index in [1.807, 2.05) is 27.7 Å². The summed E-state index contributed by atoms with van der Waals surface area (Å²) in [4.78, 5) is 33.7. The number of imidazole rings is 1. The molecule has 1 aliphatic heterocycles. The second-order valence-electron chi connectivity index (χ2n) is 7.66. The molecule has 27 heavy (non-hydrogen) atoms. The molecular formula is C18H30N4O5. The zero-order valence-corrected chi connectivity index (χ0v) is 16.9. The SMILES string of the molecule is COCc1nc(C(=O)N[C@H]2CCN(C(=O)OC(C)(C)C)C[C@H]2OC)[nH]c1C. The summed E-state index contributed by atoms with van der Waals surface area (Å²) in [5.74, 6) is -0.0674. The van der Waals surface area contributed by atoms with E-state index in [-0.39, 0.29) is 30.0 Å². The van der Waals surface area contributed by atoms with Crippen LogP contribution in [-0.2, 0) is 20.8 Å². The number of piperidine rings is 1. The predicted octanol–water partition coefficient (Wildman–Crippen LogP) is 1.62. The van der Waals surface area contributed by atoms with E-state index < -0.39 is 5.60 Å². The van der Waals surface area contributed by atoms with Crippen molar-refractivity contribution < 1.29 is 23.8 Å². The van der Waals surface area contributed by atoms with Crippen molar-refractivity contribution in [2.75, 3.05) is 27.3 Å². The van der Waals surface area contributed by atoms with Gasteiger partial charge in [0.05, 0.1) is 31.0 Å². The maximum Gasteiger partial charge on any atom is 0.410 e. The van der Waals surface area contributed by atoms with Crippen molar-refractivity contribution in [3.63, 3.8) is 0 Å². The van der Waals surface area contributed by atoms with E-state index in [1.165, 1.54) is 0 Å². The topological polar surface area (TPSA) is 106 Å². The smallest absolute Gasteiger partial charge is 0.410 e. The summed E-state index contributed by atoms with van der Waals surface area (Å²) in [6.07, 6.45) is -0.140. The number of nitrogens with zero attached hydrogens (tertiary/aromatic N) is 2. The molecule has 1 aromatic rings. The van der Waals surface area contributed by atoms with Crippen molar-refractivity contribution in [2.24, 2.45) is 0 Å². The van der Waals surface area contributed by atoms with E-state index in [1.54, 1.807) is 19.1 Å². The Hall–Kier alpha value is -2.13. The van der Waals surface area contributed by atoms with Crippen LogP contribution in [0.25, 0.3) is 0 Å². The molecule has 2 heterocycles. The first kappa shape index (κ1) is 21.2. The monoisotopic (exact) mass is 382 g/mol. The van der Waals surface area contributed by atoms with Crippen molar-refractivity contribution in [1.29, 1.82) is 0 Å². The lowest BCUT2D eigenvalue weighted by atomic mass is 10.0. The van der Waals surface area contributed by atoms with Crippen LogP contribution >= 0.6 is 0 Å². The summed E-state index contributed by atoms with van der Waals surface area (Å²) >= 11 is 0. The van der Waals surface area contributed by atoms with Crippen molar-refractivity contribution in [1.82, 2.24) is 20.2 Å². The number of amides is 2. The number of aromatic nitrogens is 2. The molecule has 2 amide bonds. The fraction of sp³-hybridized carbons (Fsp3) is 0.722. The predicted molar refractivity (Wildman–Crippen MR) is 98.5 cm³/mol. The van der Waals surface area contributed by atoms with Crippen LogP contribution in [0.3, 0.4) is 0 Å². The Labute approximate surface area is 159 Å². The molecule has 1 aromatic heterocycles. The Balaban J connectivity index is 1.98. The van der Waals surface area contributed by atoms with Gasteiger partial charge in [0, 0.05) is 26.5 Å². The largest absolute Gasteiger partial charge is 0.444 e. The van der Waals surface area contributed by atoms with E-state index in [4.69, 9.17) is 14.2 Å². The molecule has 0 aliphatic carbocycles. The number of hydrogen-bond acceptors (Lipinski definition) is 6. The van der Waals surface area contributed by atoms with E-state index in [0.717, 1.165) is 5.69 Å². The quantitative estimate of drug-likeness (QED) is 0.802. The van der Waals surface area contributed by atoms with Crippen molar-refractivity contribution in [2.45, 2.75) is 58.5 Å². The third kappa shape index (κ3) is 5.67. The molecule has 2 rings (SSSR count). The van der Waals surface area contributed by atoms with Crippen LogP contribution in [-0.4, -0.2) is 71.9 Å². The molecule has 0 spiro atoms. The molecule has 9 nitrogen and oxygen atoms in total. The Morgan fingerprint density at radius 1 is 1.33 bits per heavy atom. The van der Waals surface area contributed by atoms with Gasteiger partial charge in [0.15, 0.2) is 5.82 Å². The first-order chi connectivity index (χ1) is 12.6. The van der Waals surface area contributed by atoms with E-state index in [0.29, 0.717) is 31.8 Å². The second-order valence-corrected chi connectivity index (χ2v) is 7.66. The molecule has 9 heteroatoms. The number of carbonyl (C=O) groups is 2. The third-order valence-electron chi connectivity index (χ3n) is 4.31. The third-order valence-corrected chi connectivity index (χ3v) is 4.31. The normalized spacial score (nSPS) is 20.4. The average Bonchev–Trinajstić information content (AvgIpc) is 2.95. The summed E-state index contributed by atoms with van der Waals surface area (Å²) in [5, 5.41) is 2.95. The highest BCUT2D eigenvalue weighted by atomic mass is 16.6. The first-order valence-electron chi connectivity index (χ1n) is 9.00. The zero-order valence-electron chi connectivity index (χ0n) is 16.9. The van der Waals surface area contributed by atoms with Gasteiger partial charge in [-0.15, -0.1) is 0 Å². The fourth-order valence-electron chi connectivity index (χ4n) is 2.93. The number of aromatic amines is 1. The molecule has 1 aliphatic rings. The number of H-pyrrole nitrogens is 1. The number of carbonyl (C=O) groups excluding carboxylic acids is 2. The minimum absolute atomic E-state index is 0.225. The van der Waals surface area contributed by atoms with Gasteiger partial charge in [-0.05, 0) is 34.1 Å². The highest BCUT2D eigenvalue weighted by molar-refractivity contribution is 5.91. The molecule has 2 atom stereocenters. The van der Waals surface area contributed by atoms with Gasteiger partial charge >= 0.3 is 6.09 Å². The summed E-state index contributed by atoms with van der Waals surface area (Å²) in [7, 11) is 3.14. The van der Waals surface area contributed by atoms with Crippen molar-refractivity contribution >= 4 is 12.0 Å². The highest BCUT2D eigenvalue weighted by Gasteiger charge is 2.35. The second kappa shape index (κ2) is 8.71. The minimum Gasteiger partial charge on any atom is -0.444 e. The Morgan fingerprint density at radius 2 is 2.04 bits per heavy atom. The van der Waals surface area contributed by atoms with Crippen LogP contribution in [0.5, 0.6) is 0 Å². The maximum atomic E-state index is 12.5. The van der Waals surface area contributed by atoms with E-state index >= 15 is 0 Å².